The number of carbonyl (C=O) groups is 4. The second-order valence-corrected chi connectivity index (χ2v) is 16.9. The van der Waals surface area contributed by atoms with Gasteiger partial charge in [0.1, 0.15) is 33.0 Å². The molecule has 4 aromatic carbocycles. The average molecular weight is 1210 g/mol. The summed E-state index contributed by atoms with van der Waals surface area (Å²) < 4.78 is 198. The number of benzene rings is 4. The van der Waals surface area contributed by atoms with E-state index in [-0.39, 0.29) is 55.2 Å². The van der Waals surface area contributed by atoms with Crippen molar-refractivity contribution in [2.45, 2.75) is 85.6 Å². The average Bonchev–Trinajstić information content (AvgIpc) is 0.697. The molecule has 446 valence electrons. The van der Waals surface area contributed by atoms with Gasteiger partial charge in [-0.05, 0) is 63.4 Å². The SMILES string of the molecule is Cl.O=C(O)c1[nH]ccc(=O)c1OCc1ccccc1.[2H]C([2H])([2H])C([2H])(NC(=O)c1[nH]ccc(=O)c1OCc1ccccc1)C([2H])([2H])[2H].[2H]C([2H])([2H])C([2H])(NC(=O)c1c(OCc2ccccc2)c(=O)ccn1N)C([2H])([2H])[2H].[2H]C1([2H])Nn2ccc(=O)c(OCc3ccccc3)c2C(=O)N1C([2H])(C([2H])([2H])[2H])C([2H])([2H])[2H]. The van der Waals surface area contributed by atoms with E-state index in [1.54, 1.807) is 102 Å². The minimum atomic E-state index is -3.68. The van der Waals surface area contributed by atoms with Gasteiger partial charge in [-0.3, -0.25) is 42.9 Å². The number of hydrogen-bond donors (Lipinski definition) is 7. The number of nitrogens with two attached hydrogens (primary N) is 1. The molecule has 3 amide bonds. The van der Waals surface area contributed by atoms with Gasteiger partial charge < -0.3 is 60.8 Å². The van der Waals surface area contributed by atoms with Crippen molar-refractivity contribution in [2.24, 2.45) is 0 Å². The van der Waals surface area contributed by atoms with Crippen LogP contribution in [0.4, 0.5) is 0 Å². The molecular formula is C62H68ClN9O13. The number of ether oxygens (including phenoxy) is 4. The Morgan fingerprint density at radius 3 is 1.42 bits per heavy atom. The molecule has 23 heteroatoms. The van der Waals surface area contributed by atoms with Crippen molar-refractivity contribution in [1.29, 1.82) is 0 Å². The van der Waals surface area contributed by atoms with Crippen LogP contribution in [0, 0.1) is 0 Å². The lowest BCUT2D eigenvalue weighted by molar-refractivity contribution is 0.0663. The molecule has 8 N–H and O–H groups in total. The second kappa shape index (κ2) is 32.3. The van der Waals surface area contributed by atoms with E-state index < -0.39 is 146 Å². The molecule has 0 spiro atoms. The number of aromatic amines is 2. The fourth-order valence-electron chi connectivity index (χ4n) is 7.07. The maximum Gasteiger partial charge on any atom is 0.356 e. The van der Waals surface area contributed by atoms with E-state index in [1.807, 2.05) is 30.3 Å². The van der Waals surface area contributed by atoms with Crippen molar-refractivity contribution >= 4 is 36.1 Å². The van der Waals surface area contributed by atoms with E-state index in [1.165, 1.54) is 12.3 Å². The Labute approximate surface area is 527 Å². The normalized spacial score (nSPS) is 17.0. The van der Waals surface area contributed by atoms with Gasteiger partial charge in [0.25, 0.3) is 17.7 Å². The Hall–Kier alpha value is -10.4. The van der Waals surface area contributed by atoms with Crippen LogP contribution in [-0.2, 0) is 26.4 Å². The summed E-state index contributed by atoms with van der Waals surface area (Å²) >= 11 is 0. The number of rotatable bonds is 18. The second-order valence-electron chi connectivity index (χ2n) is 16.9. The highest BCUT2D eigenvalue weighted by Crippen LogP contribution is 2.21. The summed E-state index contributed by atoms with van der Waals surface area (Å²) in [5.74, 6) is -1.29. The molecule has 4 aromatic heterocycles. The van der Waals surface area contributed by atoms with Crippen LogP contribution in [0.1, 0.15) is 137 Å². The van der Waals surface area contributed by atoms with Gasteiger partial charge in [0.05, 0.1) is 6.85 Å². The minimum Gasteiger partial charge on any atom is -0.483 e. The summed E-state index contributed by atoms with van der Waals surface area (Å²) in [5.41, 5.74) is 0.432. The summed E-state index contributed by atoms with van der Waals surface area (Å²) in [6.07, 6.45) is 4.46. The molecule has 0 saturated heterocycles. The summed E-state index contributed by atoms with van der Waals surface area (Å²) in [5, 5.41) is 12.3. The van der Waals surface area contributed by atoms with Gasteiger partial charge in [-0.25, -0.2) is 4.79 Å². The number of halogens is 1. The number of carboxylic acid groups (broad SMARTS) is 1. The lowest BCUT2D eigenvalue weighted by Gasteiger charge is -2.34. The van der Waals surface area contributed by atoms with Gasteiger partial charge in [-0.15, -0.1) is 12.4 Å². The number of carbonyl (C=O) groups excluding carboxylic acids is 3. The number of nitrogens with one attached hydrogen (secondary N) is 5. The van der Waals surface area contributed by atoms with E-state index in [9.17, 15) is 38.4 Å². The van der Waals surface area contributed by atoms with Crippen LogP contribution < -0.4 is 62.6 Å². The predicted molar refractivity (Wildman–Crippen MR) is 324 cm³/mol. The monoisotopic (exact) mass is 1200 g/mol. The Morgan fingerprint density at radius 2 is 0.965 bits per heavy atom. The molecule has 0 fully saturated rings. The fourth-order valence-corrected chi connectivity index (χ4v) is 7.07. The highest BCUT2D eigenvalue weighted by atomic mass is 35.5. The van der Waals surface area contributed by atoms with Crippen molar-refractivity contribution in [3.63, 3.8) is 0 Å². The van der Waals surface area contributed by atoms with Crippen molar-refractivity contribution in [3.05, 3.63) is 256 Å². The van der Waals surface area contributed by atoms with Gasteiger partial charge in [0.2, 0.25) is 21.7 Å². The minimum absolute atomic E-state index is 0. The molecule has 0 aliphatic carbocycles. The van der Waals surface area contributed by atoms with E-state index in [2.05, 4.69) is 15.4 Å². The molecule has 0 saturated carbocycles. The van der Waals surface area contributed by atoms with Gasteiger partial charge in [0, 0.05) is 91.8 Å². The number of fused-ring (bicyclic) bond motifs is 1. The highest BCUT2D eigenvalue weighted by molar-refractivity contribution is 5.97. The third kappa shape index (κ3) is 19.1. The third-order valence-electron chi connectivity index (χ3n) is 10.9. The molecule has 22 nitrogen and oxygen atoms in total. The number of aromatic nitrogens is 4. The zero-order chi connectivity index (χ0) is 80.3. The Morgan fingerprint density at radius 1 is 0.565 bits per heavy atom. The van der Waals surface area contributed by atoms with Crippen LogP contribution in [0.25, 0.3) is 0 Å². The number of H-pyrrole nitrogens is 2. The third-order valence-corrected chi connectivity index (χ3v) is 10.9. The van der Waals surface area contributed by atoms with Gasteiger partial charge in [0.15, 0.2) is 45.8 Å². The zero-order valence-electron chi connectivity index (χ0n) is 67.2. The molecule has 85 heavy (non-hydrogen) atoms. The summed E-state index contributed by atoms with van der Waals surface area (Å²) in [7, 11) is 0. The Kier molecular flexibility index (Phi) is 14.9. The number of pyridine rings is 4. The molecule has 9 rings (SSSR count). The van der Waals surface area contributed by atoms with Gasteiger partial charge in [-0.2, -0.15) is 0 Å². The van der Waals surface area contributed by atoms with E-state index in [4.69, 9.17) is 61.4 Å². The molecule has 0 unspecified atom stereocenters. The molecular weight excluding hydrogens is 1110 g/mol. The van der Waals surface area contributed by atoms with Crippen LogP contribution >= 0.6 is 12.4 Å². The smallest absolute Gasteiger partial charge is 0.356 e. The number of aromatic carboxylic acids is 1. The first kappa shape index (κ1) is 39.2. The fraction of sp³-hybridized carbons (Fsp3) is 0.226. The first-order valence-corrected chi connectivity index (χ1v) is 24.3. The largest absolute Gasteiger partial charge is 0.483 e. The molecule has 0 radical (unpaired) electrons. The maximum absolute atomic E-state index is 13.3. The number of carboxylic acids is 1. The van der Waals surface area contributed by atoms with Crippen LogP contribution in [-0.4, -0.2) is 77.7 Å². The maximum atomic E-state index is 13.3. The van der Waals surface area contributed by atoms with E-state index in [0.29, 0.717) is 21.4 Å². The molecule has 0 bridgehead atoms. The number of nitrogens with zero attached hydrogens (tertiary/aromatic N) is 3. The summed E-state index contributed by atoms with van der Waals surface area (Å²) in [6.45, 7) is -24.0. The van der Waals surface area contributed by atoms with Crippen LogP contribution in [0.15, 0.2) is 190 Å². The summed E-state index contributed by atoms with van der Waals surface area (Å²) in [4.78, 5) is 103. The van der Waals surface area contributed by atoms with Crippen molar-refractivity contribution in [1.82, 2.24) is 34.9 Å². The van der Waals surface area contributed by atoms with Gasteiger partial charge in [-0.1, -0.05) is 121 Å². The number of amides is 3. The van der Waals surface area contributed by atoms with Crippen LogP contribution in [0.2, 0.25) is 0 Å². The highest BCUT2D eigenvalue weighted by Gasteiger charge is 2.30. The van der Waals surface area contributed by atoms with Crippen LogP contribution in [0.5, 0.6) is 23.0 Å². The lowest BCUT2D eigenvalue weighted by Crippen LogP contribution is -2.49. The first-order valence-electron chi connectivity index (χ1n) is 35.8. The predicted octanol–water partition coefficient (Wildman–Crippen LogP) is 7.24. The van der Waals surface area contributed by atoms with Crippen molar-refractivity contribution < 1.29 is 74.8 Å². The lowest BCUT2D eigenvalue weighted by atomic mass is 10.2. The Bertz CT molecular complexity index is 4660. The topological polar surface area (TPSA) is 300 Å². The molecule has 1 aliphatic heterocycles. The first-order chi connectivity index (χ1) is 49.4. The molecule has 0 atom stereocenters. The molecule has 1 aliphatic rings. The zero-order valence-corrected chi connectivity index (χ0v) is 45.0. The van der Waals surface area contributed by atoms with Crippen LogP contribution in [0.3, 0.4) is 0 Å². The van der Waals surface area contributed by atoms with Gasteiger partial charge >= 0.3 is 5.97 Å². The number of hydrogen-bond acceptors (Lipinski definition) is 14. The quantitative estimate of drug-likeness (QED) is 0.0417. The standard InChI is InChI=1S/C17H19N3O3.C16H19N3O3.C16H18N2O3.C13H11NO4.ClH/c1-12(2)19-11-18-20-9-8-14(21)16(15(20)17(19)22)23-10-13-6-4-3-5-7-13;1-11(2)18-16(21)14-15(13(20)8-9-19(14)17)22-10-12-6-4-3-5-7-12;1-11(2)18-16(20)14-15(13(19)8-9-17-14)21-10-12-6-4-3-5-7-12;15-10-6-7-14-11(13(16)17)12(10)18-8-9-4-2-1-3-5-9;/h3-9,12,18H,10-11H2,1-2H3;3-9,11H,10,17H2,1-2H3,(H,18,21);3-9,11H,10H2,1-2H3,(H,17,19)(H,18,20);1-7H,8H2,(H,14,15)(H,16,17);1H/i1D3,2D3,11D2,12D;2*1D3,2D3,11D;;. The Balaban J connectivity index is 0.000000261. The van der Waals surface area contributed by atoms with Crippen molar-refractivity contribution in [2.75, 3.05) is 17.9 Å². The van der Waals surface area contributed by atoms with Crippen molar-refractivity contribution in [3.8, 4) is 23.0 Å². The van der Waals surface area contributed by atoms with E-state index >= 15 is 0 Å². The summed E-state index contributed by atoms with van der Waals surface area (Å²) in [6, 6.07) is 29.3. The number of nitrogen functional groups attached to an aromatic ring is 1. The van der Waals surface area contributed by atoms with E-state index in [0.717, 1.165) is 47.0 Å². The molecule has 8 aromatic rings. The molecule has 5 heterocycles.